The molecule has 1 aromatic heterocycles. The van der Waals surface area contributed by atoms with E-state index >= 15 is 0 Å². The molecule has 7 heteroatoms. The molecule has 37 heavy (non-hydrogen) atoms. The smallest absolute Gasteiger partial charge is 0.279 e. The van der Waals surface area contributed by atoms with E-state index in [1.807, 2.05) is 42.5 Å². The van der Waals surface area contributed by atoms with E-state index in [-0.39, 0.29) is 11.8 Å². The van der Waals surface area contributed by atoms with E-state index in [0.717, 1.165) is 54.4 Å². The fourth-order valence-corrected chi connectivity index (χ4v) is 5.70. The number of benzene rings is 3. The van der Waals surface area contributed by atoms with E-state index in [0.29, 0.717) is 22.9 Å². The summed E-state index contributed by atoms with van der Waals surface area (Å²) in [4.78, 5) is 33.7. The fraction of sp³-hybridized carbons (Fsp3) is 0.300. The minimum atomic E-state index is -0.164. The first-order chi connectivity index (χ1) is 18.1. The lowest BCUT2D eigenvalue weighted by Gasteiger charge is -2.23. The summed E-state index contributed by atoms with van der Waals surface area (Å²) in [6, 6.07) is 23.4. The van der Waals surface area contributed by atoms with Gasteiger partial charge in [-0.2, -0.15) is 0 Å². The molecule has 0 spiro atoms. The number of thiazole rings is 1. The first-order valence-electron chi connectivity index (χ1n) is 12.9. The molecule has 1 saturated carbocycles. The molecule has 2 amide bonds. The highest BCUT2D eigenvalue weighted by Crippen LogP contribution is 2.32. The van der Waals surface area contributed by atoms with Crippen LogP contribution in [0.1, 0.15) is 45.5 Å². The van der Waals surface area contributed by atoms with Crippen LogP contribution in [0.2, 0.25) is 0 Å². The maximum atomic E-state index is 12.6. The van der Waals surface area contributed by atoms with Crippen LogP contribution >= 0.6 is 11.3 Å². The van der Waals surface area contributed by atoms with Crippen LogP contribution < -0.4 is 4.74 Å². The third-order valence-electron chi connectivity index (χ3n) is 7.07. The van der Waals surface area contributed by atoms with Gasteiger partial charge in [0, 0.05) is 19.6 Å². The van der Waals surface area contributed by atoms with Crippen molar-refractivity contribution in [2.24, 2.45) is 5.92 Å². The quantitative estimate of drug-likeness (QED) is 0.230. The average Bonchev–Trinajstić information content (AvgIpc) is 3.59. The number of hydrogen-bond acceptors (Lipinski definition) is 6. The van der Waals surface area contributed by atoms with E-state index in [9.17, 15) is 9.59 Å². The average molecular weight is 512 g/mol. The number of rotatable bonds is 11. The molecule has 0 bridgehead atoms. The Kier molecular flexibility index (Phi) is 6.72. The van der Waals surface area contributed by atoms with Crippen molar-refractivity contribution in [3.05, 3.63) is 89.5 Å². The molecule has 0 unspecified atom stereocenters. The van der Waals surface area contributed by atoms with Crippen LogP contribution in [0.15, 0.2) is 72.8 Å². The molecule has 3 aromatic carbocycles. The van der Waals surface area contributed by atoms with Gasteiger partial charge in [-0.1, -0.05) is 47.7 Å². The molecule has 6 nitrogen and oxygen atoms in total. The topological polar surface area (TPSA) is 62.7 Å². The molecule has 188 valence electrons. The van der Waals surface area contributed by atoms with Gasteiger partial charge in [0.15, 0.2) is 0 Å². The van der Waals surface area contributed by atoms with Crippen LogP contribution in [0.4, 0.5) is 0 Å². The van der Waals surface area contributed by atoms with Gasteiger partial charge in [-0.05, 0) is 80.1 Å². The van der Waals surface area contributed by atoms with Gasteiger partial charge >= 0.3 is 0 Å². The molecule has 1 aliphatic carbocycles. The second-order valence-corrected chi connectivity index (χ2v) is 10.8. The Hall–Kier alpha value is -3.55. The van der Waals surface area contributed by atoms with Gasteiger partial charge in [-0.3, -0.25) is 14.5 Å². The fourth-order valence-electron chi connectivity index (χ4n) is 4.86. The molecule has 4 aromatic rings. The number of imide groups is 1. The molecule has 0 radical (unpaired) electrons. The number of carbonyl (C=O) groups excluding carboxylic acids is 2. The van der Waals surface area contributed by atoms with Crippen molar-refractivity contribution < 1.29 is 14.3 Å². The first-order valence-corrected chi connectivity index (χ1v) is 13.8. The van der Waals surface area contributed by atoms with E-state index < -0.39 is 0 Å². The molecule has 6 rings (SSSR count). The molecule has 0 N–H and O–H groups in total. The Bertz CT molecular complexity index is 1360. The zero-order chi connectivity index (χ0) is 25.2. The number of hydrogen-bond donors (Lipinski definition) is 0. The minimum absolute atomic E-state index is 0.164. The number of para-hydroxylation sites is 1. The first kappa shape index (κ1) is 23.8. The summed E-state index contributed by atoms with van der Waals surface area (Å²) in [5, 5.41) is 0.655. The Morgan fingerprint density at radius 3 is 2.30 bits per heavy atom. The van der Waals surface area contributed by atoms with Crippen LogP contribution in [-0.2, 0) is 6.42 Å². The van der Waals surface area contributed by atoms with E-state index in [1.165, 1.54) is 23.3 Å². The Labute approximate surface area is 220 Å². The predicted octanol–water partition coefficient (Wildman–Crippen LogP) is 6.03. The highest BCUT2D eigenvalue weighted by Gasteiger charge is 2.34. The summed E-state index contributed by atoms with van der Waals surface area (Å²) in [6.07, 6.45) is 4.33. The van der Waals surface area contributed by atoms with Crippen molar-refractivity contribution in [3.8, 4) is 10.9 Å². The van der Waals surface area contributed by atoms with Crippen molar-refractivity contribution in [3.63, 3.8) is 0 Å². The Morgan fingerprint density at radius 1 is 0.892 bits per heavy atom. The highest BCUT2D eigenvalue weighted by molar-refractivity contribution is 7.20. The molecule has 0 saturated heterocycles. The van der Waals surface area contributed by atoms with Gasteiger partial charge in [0.2, 0.25) is 0 Å². The summed E-state index contributed by atoms with van der Waals surface area (Å²) in [5.41, 5.74) is 3.27. The third-order valence-corrected chi connectivity index (χ3v) is 7.98. The lowest BCUT2D eigenvalue weighted by Crippen LogP contribution is -2.35. The minimum Gasteiger partial charge on any atom is -0.431 e. The number of ether oxygens (including phenoxy) is 1. The SMILES string of the molecule is O=C1c2ccccc2C(=O)N1CCCN(CCc1ccc(Oc2nc3ccccc3s2)cc1)CC1CC1. The van der Waals surface area contributed by atoms with Gasteiger partial charge in [0.05, 0.1) is 21.3 Å². The van der Waals surface area contributed by atoms with E-state index in [1.54, 1.807) is 23.5 Å². The van der Waals surface area contributed by atoms with Crippen LogP contribution in [-0.4, -0.2) is 52.8 Å². The van der Waals surface area contributed by atoms with Gasteiger partial charge in [0.25, 0.3) is 17.0 Å². The maximum absolute atomic E-state index is 12.6. The number of carbonyl (C=O) groups is 2. The summed E-state index contributed by atoms with van der Waals surface area (Å²) in [6.45, 7) is 3.38. The highest BCUT2D eigenvalue weighted by atomic mass is 32.1. The molecule has 2 aliphatic rings. The lowest BCUT2D eigenvalue weighted by molar-refractivity contribution is 0.0647. The summed E-state index contributed by atoms with van der Waals surface area (Å²) in [5.74, 6) is 1.24. The standard InChI is InChI=1S/C30H29N3O3S/c34-28-24-6-1-2-7-25(24)29(35)33(28)18-5-17-32(20-22-10-11-22)19-16-21-12-14-23(15-13-21)36-30-31-26-8-3-4-9-27(26)37-30/h1-4,6-9,12-15,22H,5,10-11,16-20H2. The molecule has 1 aliphatic heterocycles. The predicted molar refractivity (Wildman–Crippen MR) is 145 cm³/mol. The largest absolute Gasteiger partial charge is 0.431 e. The molecular weight excluding hydrogens is 482 g/mol. The maximum Gasteiger partial charge on any atom is 0.279 e. The van der Waals surface area contributed by atoms with Crippen molar-refractivity contribution in [2.45, 2.75) is 25.7 Å². The van der Waals surface area contributed by atoms with Crippen LogP contribution in [0.5, 0.6) is 10.9 Å². The van der Waals surface area contributed by atoms with Crippen molar-refractivity contribution in [1.29, 1.82) is 0 Å². The lowest BCUT2D eigenvalue weighted by atomic mass is 10.1. The van der Waals surface area contributed by atoms with Gasteiger partial charge in [-0.15, -0.1) is 0 Å². The van der Waals surface area contributed by atoms with Crippen LogP contribution in [0.3, 0.4) is 0 Å². The summed E-state index contributed by atoms with van der Waals surface area (Å²) in [7, 11) is 0. The van der Waals surface area contributed by atoms with Crippen molar-refractivity contribution in [2.75, 3.05) is 26.2 Å². The molecule has 2 heterocycles. The van der Waals surface area contributed by atoms with Gasteiger partial charge < -0.3 is 9.64 Å². The van der Waals surface area contributed by atoms with Crippen molar-refractivity contribution in [1.82, 2.24) is 14.8 Å². The Morgan fingerprint density at radius 2 is 1.59 bits per heavy atom. The second kappa shape index (κ2) is 10.4. The third kappa shape index (κ3) is 5.43. The zero-order valence-electron chi connectivity index (χ0n) is 20.6. The monoisotopic (exact) mass is 511 g/mol. The molecular formula is C30H29N3O3S. The zero-order valence-corrected chi connectivity index (χ0v) is 21.5. The summed E-state index contributed by atoms with van der Waals surface area (Å²) >= 11 is 1.55. The number of nitrogens with zero attached hydrogens (tertiary/aromatic N) is 3. The number of fused-ring (bicyclic) bond motifs is 2. The Balaban J connectivity index is 1.01. The summed E-state index contributed by atoms with van der Waals surface area (Å²) < 4.78 is 7.10. The molecule has 1 fully saturated rings. The van der Waals surface area contributed by atoms with Crippen LogP contribution in [0.25, 0.3) is 10.2 Å². The normalized spacial score (nSPS) is 15.1. The number of aromatic nitrogens is 1. The van der Waals surface area contributed by atoms with Crippen molar-refractivity contribution >= 4 is 33.4 Å². The second-order valence-electron chi connectivity index (χ2n) is 9.85. The van der Waals surface area contributed by atoms with Crippen LogP contribution in [0, 0.1) is 5.92 Å². The molecule has 0 atom stereocenters. The van der Waals surface area contributed by atoms with Gasteiger partial charge in [0.1, 0.15) is 5.75 Å². The number of amides is 2. The van der Waals surface area contributed by atoms with E-state index in [2.05, 4.69) is 28.1 Å². The van der Waals surface area contributed by atoms with Gasteiger partial charge in [-0.25, -0.2) is 4.98 Å². The van der Waals surface area contributed by atoms with E-state index in [4.69, 9.17) is 4.74 Å².